The molecule has 5 rings (SSSR count). The molecule has 0 bridgehead atoms. The molecular formula is C31H38N4OSi. The third kappa shape index (κ3) is 6.26. The summed E-state index contributed by atoms with van der Waals surface area (Å²) in [5.74, 6) is 0.709. The lowest BCUT2D eigenvalue weighted by atomic mass is 10.0. The molecule has 2 aromatic heterocycles. The van der Waals surface area contributed by atoms with E-state index in [1.54, 1.807) is 0 Å². The standard InChI is InChI=1S/C31H38N4OSi/c1-24-15-16-34(24)22-28-19-27-21-32-30(20-29(27)35(28)23-36-17-18-37(2,3)4)33-31(25-11-7-5-8-12-25)26-13-9-6-10-14-26/h5-14,19-21,24H,15-18,22-23H2,1-4H3/t24-/m0/s1. The summed E-state index contributed by atoms with van der Waals surface area (Å²) in [4.78, 5) is 12.4. The smallest absolute Gasteiger partial charge is 0.154 e. The average Bonchev–Trinajstić information content (AvgIpc) is 3.24. The zero-order valence-corrected chi connectivity index (χ0v) is 23.5. The number of rotatable bonds is 10. The van der Waals surface area contributed by atoms with Crippen molar-refractivity contribution in [3.63, 3.8) is 0 Å². The van der Waals surface area contributed by atoms with Gasteiger partial charge in [-0.3, -0.25) is 4.90 Å². The Balaban J connectivity index is 1.51. The Morgan fingerprint density at radius 1 is 1.00 bits per heavy atom. The SMILES string of the molecule is C[C@H]1CCN1Cc1cc2cnc(N=C(c3ccccc3)c3ccccc3)cc2n1COCC[Si](C)(C)C. The third-order valence-electron chi connectivity index (χ3n) is 7.22. The molecule has 5 nitrogen and oxygen atoms in total. The van der Waals surface area contributed by atoms with Crippen molar-refractivity contribution in [2.24, 2.45) is 4.99 Å². The largest absolute Gasteiger partial charge is 0.361 e. The van der Waals surface area contributed by atoms with E-state index in [9.17, 15) is 0 Å². The van der Waals surface area contributed by atoms with E-state index >= 15 is 0 Å². The molecule has 0 spiro atoms. The molecule has 0 N–H and O–H groups in total. The van der Waals surface area contributed by atoms with Crippen molar-refractivity contribution in [3.8, 4) is 0 Å². The van der Waals surface area contributed by atoms with Gasteiger partial charge >= 0.3 is 0 Å². The lowest BCUT2D eigenvalue weighted by Crippen LogP contribution is -2.45. The van der Waals surface area contributed by atoms with Crippen molar-refractivity contribution in [2.75, 3.05) is 13.2 Å². The number of fused-ring (bicyclic) bond motifs is 1. The first-order valence-corrected chi connectivity index (χ1v) is 17.1. The Kier molecular flexibility index (Phi) is 7.70. The number of hydrogen-bond acceptors (Lipinski definition) is 4. The number of hydrogen-bond donors (Lipinski definition) is 0. The molecule has 0 aliphatic carbocycles. The summed E-state index contributed by atoms with van der Waals surface area (Å²) in [6, 6.07) is 26.9. The van der Waals surface area contributed by atoms with Crippen LogP contribution in [-0.4, -0.2) is 47.4 Å². The highest BCUT2D eigenvalue weighted by atomic mass is 28.3. The van der Waals surface area contributed by atoms with E-state index in [0.717, 1.165) is 47.4 Å². The highest BCUT2D eigenvalue weighted by molar-refractivity contribution is 6.76. The fourth-order valence-electron chi connectivity index (χ4n) is 4.70. The molecule has 1 aliphatic rings. The van der Waals surface area contributed by atoms with Gasteiger partial charge in [-0.05, 0) is 25.5 Å². The highest BCUT2D eigenvalue weighted by Gasteiger charge is 2.25. The van der Waals surface area contributed by atoms with Crippen LogP contribution >= 0.6 is 0 Å². The second-order valence-electron chi connectivity index (χ2n) is 11.3. The fraction of sp³-hybridized carbons (Fsp3) is 0.355. The van der Waals surface area contributed by atoms with E-state index in [1.165, 1.54) is 18.2 Å². The molecule has 1 aliphatic heterocycles. The highest BCUT2D eigenvalue weighted by Crippen LogP contribution is 2.28. The number of likely N-dealkylation sites (tertiary alicyclic amines) is 1. The van der Waals surface area contributed by atoms with Crippen molar-refractivity contribution >= 4 is 30.5 Å². The van der Waals surface area contributed by atoms with Gasteiger partial charge in [0.2, 0.25) is 0 Å². The zero-order valence-electron chi connectivity index (χ0n) is 22.5. The van der Waals surface area contributed by atoms with Crippen molar-refractivity contribution in [3.05, 3.63) is 95.8 Å². The van der Waals surface area contributed by atoms with Gasteiger partial charge in [0, 0.05) is 68.3 Å². The molecule has 37 heavy (non-hydrogen) atoms. The minimum atomic E-state index is -1.14. The molecule has 2 aromatic carbocycles. The molecule has 1 saturated heterocycles. The summed E-state index contributed by atoms with van der Waals surface area (Å²) in [5.41, 5.74) is 5.49. The first-order chi connectivity index (χ1) is 17.9. The number of benzene rings is 2. The van der Waals surface area contributed by atoms with Crippen LogP contribution < -0.4 is 0 Å². The molecule has 4 aromatic rings. The van der Waals surface area contributed by atoms with Gasteiger partial charge in [-0.15, -0.1) is 0 Å². The summed E-state index contributed by atoms with van der Waals surface area (Å²) in [7, 11) is -1.14. The summed E-state index contributed by atoms with van der Waals surface area (Å²) in [5, 5.41) is 1.14. The number of pyridine rings is 1. The van der Waals surface area contributed by atoms with E-state index < -0.39 is 8.07 Å². The van der Waals surface area contributed by atoms with E-state index in [2.05, 4.69) is 96.7 Å². The minimum absolute atomic E-state index is 0.558. The monoisotopic (exact) mass is 510 g/mol. The predicted octanol–water partition coefficient (Wildman–Crippen LogP) is 7.11. The molecule has 1 fully saturated rings. The van der Waals surface area contributed by atoms with Gasteiger partial charge in [0.25, 0.3) is 0 Å². The van der Waals surface area contributed by atoms with Gasteiger partial charge in [-0.25, -0.2) is 9.98 Å². The van der Waals surface area contributed by atoms with E-state index in [-0.39, 0.29) is 0 Å². The van der Waals surface area contributed by atoms with Crippen molar-refractivity contribution < 1.29 is 4.74 Å². The van der Waals surface area contributed by atoms with Crippen LogP contribution in [-0.2, 0) is 18.0 Å². The van der Waals surface area contributed by atoms with Crippen LogP contribution in [0.25, 0.3) is 10.9 Å². The molecule has 0 amide bonds. The molecule has 0 radical (unpaired) electrons. The van der Waals surface area contributed by atoms with Gasteiger partial charge < -0.3 is 9.30 Å². The van der Waals surface area contributed by atoms with Gasteiger partial charge in [0.15, 0.2) is 5.82 Å². The van der Waals surface area contributed by atoms with Crippen molar-refractivity contribution in [2.45, 2.75) is 58.3 Å². The molecule has 192 valence electrons. The Hall–Kier alpha value is -3.06. The van der Waals surface area contributed by atoms with Crippen LogP contribution in [0.5, 0.6) is 0 Å². The van der Waals surface area contributed by atoms with Gasteiger partial charge in [0.1, 0.15) is 6.73 Å². The number of nitrogens with zero attached hydrogens (tertiary/aromatic N) is 4. The summed E-state index contributed by atoms with van der Waals surface area (Å²) in [6.07, 6.45) is 3.23. The molecule has 1 atom stereocenters. The average molecular weight is 511 g/mol. The Bertz CT molecular complexity index is 1320. The van der Waals surface area contributed by atoms with E-state index in [1.807, 2.05) is 18.3 Å². The van der Waals surface area contributed by atoms with Crippen LogP contribution in [0.4, 0.5) is 5.82 Å². The van der Waals surface area contributed by atoms with Gasteiger partial charge in [0.05, 0.1) is 11.2 Å². The fourth-order valence-corrected chi connectivity index (χ4v) is 5.45. The maximum atomic E-state index is 6.25. The Labute approximate surface area is 221 Å². The predicted molar refractivity (Wildman–Crippen MR) is 157 cm³/mol. The molecule has 0 saturated carbocycles. The summed E-state index contributed by atoms with van der Waals surface area (Å²) >= 11 is 0. The van der Waals surface area contributed by atoms with Gasteiger partial charge in [-0.1, -0.05) is 80.3 Å². The molecule has 0 unspecified atom stereocenters. The van der Waals surface area contributed by atoms with Crippen LogP contribution in [0, 0.1) is 0 Å². The molecule has 6 heteroatoms. The maximum absolute atomic E-state index is 6.25. The van der Waals surface area contributed by atoms with Gasteiger partial charge in [-0.2, -0.15) is 0 Å². The molecule has 3 heterocycles. The van der Waals surface area contributed by atoms with Crippen molar-refractivity contribution in [1.82, 2.24) is 14.5 Å². The van der Waals surface area contributed by atoms with Crippen LogP contribution in [0.3, 0.4) is 0 Å². The Morgan fingerprint density at radius 2 is 1.68 bits per heavy atom. The van der Waals surface area contributed by atoms with E-state index in [4.69, 9.17) is 14.7 Å². The maximum Gasteiger partial charge on any atom is 0.154 e. The van der Waals surface area contributed by atoms with E-state index in [0.29, 0.717) is 18.6 Å². The van der Waals surface area contributed by atoms with Crippen LogP contribution in [0.1, 0.15) is 30.2 Å². The molecular weight excluding hydrogens is 472 g/mol. The first-order valence-electron chi connectivity index (χ1n) is 13.4. The van der Waals surface area contributed by atoms with Crippen LogP contribution in [0.2, 0.25) is 25.7 Å². The minimum Gasteiger partial charge on any atom is -0.361 e. The number of ether oxygens (including phenoxy) is 1. The lowest BCUT2D eigenvalue weighted by Gasteiger charge is -2.38. The topological polar surface area (TPSA) is 42.7 Å². The summed E-state index contributed by atoms with van der Waals surface area (Å²) in [6.45, 7) is 12.9. The first kappa shape index (κ1) is 25.6. The lowest BCUT2D eigenvalue weighted by molar-refractivity contribution is 0.0723. The number of aliphatic imine (C=N–C) groups is 1. The zero-order chi connectivity index (χ0) is 25.8. The number of aromatic nitrogens is 2. The second-order valence-corrected chi connectivity index (χ2v) is 16.9. The normalized spacial score (nSPS) is 16.1. The second kappa shape index (κ2) is 11.1. The third-order valence-corrected chi connectivity index (χ3v) is 8.92. The Morgan fingerprint density at radius 3 is 2.24 bits per heavy atom. The van der Waals surface area contributed by atoms with Crippen LogP contribution in [0.15, 0.2) is 84.0 Å². The van der Waals surface area contributed by atoms with Crippen molar-refractivity contribution in [1.29, 1.82) is 0 Å². The quantitative estimate of drug-likeness (QED) is 0.130. The summed E-state index contributed by atoms with van der Waals surface area (Å²) < 4.78 is 8.57.